The fourth-order valence-electron chi connectivity index (χ4n) is 3.74. The van der Waals surface area contributed by atoms with E-state index in [2.05, 4.69) is 51.3 Å². The molecule has 0 aliphatic carbocycles. The minimum absolute atomic E-state index is 0.0612. The van der Waals surface area contributed by atoms with Crippen LogP contribution in [-0.2, 0) is 0 Å². The van der Waals surface area contributed by atoms with Gasteiger partial charge in [-0.05, 0) is 65.8 Å². The summed E-state index contributed by atoms with van der Waals surface area (Å²) in [4.78, 5) is 26.4. The van der Waals surface area contributed by atoms with Gasteiger partial charge in [0.05, 0.1) is 11.1 Å². The van der Waals surface area contributed by atoms with Crippen LogP contribution in [-0.4, -0.2) is 46.5 Å². The third kappa shape index (κ3) is 4.05. The van der Waals surface area contributed by atoms with E-state index in [0.717, 1.165) is 15.7 Å². The monoisotopic (exact) mass is 504 g/mol. The molecule has 29 heavy (non-hydrogen) atoms. The van der Waals surface area contributed by atoms with E-state index in [1.54, 1.807) is 12.3 Å². The van der Waals surface area contributed by atoms with Crippen LogP contribution in [0, 0.1) is 15.3 Å². The van der Waals surface area contributed by atoms with Crippen molar-refractivity contribution in [1.82, 2.24) is 14.9 Å². The van der Waals surface area contributed by atoms with E-state index >= 15 is 0 Å². The van der Waals surface area contributed by atoms with Gasteiger partial charge in [-0.15, -0.1) is 0 Å². The third-order valence-electron chi connectivity index (χ3n) is 5.61. The number of hydrogen-bond donors (Lipinski definition) is 0. The minimum Gasteiger partial charge on any atom is -0.339 e. The first-order chi connectivity index (χ1) is 13.9. The number of aromatic nitrogens is 2. The molecule has 0 bridgehead atoms. The molecule has 150 valence electrons. The van der Waals surface area contributed by atoms with Crippen LogP contribution in [0.5, 0.6) is 0 Å². The summed E-state index contributed by atoms with van der Waals surface area (Å²) in [5, 5.41) is 0.681. The molecule has 7 heteroatoms. The van der Waals surface area contributed by atoms with Gasteiger partial charge in [0.25, 0.3) is 5.91 Å². The van der Waals surface area contributed by atoms with Crippen molar-refractivity contribution in [3.63, 3.8) is 0 Å². The Morgan fingerprint density at radius 1 is 1.17 bits per heavy atom. The van der Waals surface area contributed by atoms with Crippen molar-refractivity contribution >= 4 is 45.3 Å². The number of carbonyl (C=O) groups is 1. The molecule has 1 aromatic heterocycles. The van der Waals surface area contributed by atoms with Gasteiger partial charge < -0.3 is 9.80 Å². The molecule has 4 rings (SSSR count). The van der Waals surface area contributed by atoms with Gasteiger partial charge in [-0.25, -0.2) is 14.4 Å². The summed E-state index contributed by atoms with van der Waals surface area (Å²) in [6.45, 7) is 6.25. The van der Waals surface area contributed by atoms with Crippen LogP contribution >= 0.6 is 22.6 Å². The molecule has 3 aromatic rings. The molecular weight excluding hydrogens is 482 g/mol. The average molecular weight is 504 g/mol. The largest absolute Gasteiger partial charge is 0.339 e. The Morgan fingerprint density at radius 2 is 1.97 bits per heavy atom. The lowest BCUT2D eigenvalue weighted by Gasteiger charge is -2.30. The Balaban J connectivity index is 1.59. The van der Waals surface area contributed by atoms with E-state index < -0.39 is 0 Å². The molecule has 2 unspecified atom stereocenters. The van der Waals surface area contributed by atoms with E-state index in [9.17, 15) is 9.18 Å². The molecule has 0 saturated carbocycles. The van der Waals surface area contributed by atoms with E-state index in [4.69, 9.17) is 0 Å². The van der Waals surface area contributed by atoms with Crippen molar-refractivity contribution in [2.24, 2.45) is 5.92 Å². The van der Waals surface area contributed by atoms with Gasteiger partial charge in [0.15, 0.2) is 0 Å². The standard InChI is InChI=1S/C22H22FIN4O/c1-14-13-27(22-25-12-16-11-17(23)7-8-20(16)26-22)9-10-28(15(14)2)21(29)18-5-3-4-6-19(18)24/h3-8,11-12,14-15H,9-10,13H2,1-2H3. The predicted molar refractivity (Wildman–Crippen MR) is 121 cm³/mol. The van der Waals surface area contributed by atoms with Gasteiger partial charge in [-0.2, -0.15) is 0 Å². The molecule has 1 amide bonds. The lowest BCUT2D eigenvalue weighted by Crippen LogP contribution is -2.42. The maximum Gasteiger partial charge on any atom is 0.255 e. The molecule has 0 N–H and O–H groups in total. The number of anilines is 1. The lowest BCUT2D eigenvalue weighted by atomic mass is 10.0. The van der Waals surface area contributed by atoms with Gasteiger partial charge in [-0.3, -0.25) is 4.79 Å². The van der Waals surface area contributed by atoms with Gasteiger partial charge >= 0.3 is 0 Å². The summed E-state index contributed by atoms with van der Waals surface area (Å²) >= 11 is 2.21. The number of carbonyl (C=O) groups excluding carboxylic acids is 1. The Hall–Kier alpha value is -2.29. The number of hydrogen-bond acceptors (Lipinski definition) is 4. The number of amides is 1. The highest BCUT2D eigenvalue weighted by atomic mass is 127. The van der Waals surface area contributed by atoms with Gasteiger partial charge in [0.2, 0.25) is 5.95 Å². The zero-order valence-corrected chi connectivity index (χ0v) is 18.5. The van der Waals surface area contributed by atoms with Crippen molar-refractivity contribution in [3.8, 4) is 0 Å². The van der Waals surface area contributed by atoms with Crippen molar-refractivity contribution in [1.29, 1.82) is 0 Å². The molecule has 0 radical (unpaired) electrons. The zero-order chi connectivity index (χ0) is 20.5. The smallest absolute Gasteiger partial charge is 0.255 e. The van der Waals surface area contributed by atoms with Crippen molar-refractivity contribution in [2.45, 2.75) is 19.9 Å². The van der Waals surface area contributed by atoms with Crippen LogP contribution in [0.1, 0.15) is 24.2 Å². The Bertz CT molecular complexity index is 1060. The molecule has 2 aromatic carbocycles. The van der Waals surface area contributed by atoms with E-state index in [1.165, 1.54) is 12.1 Å². The first-order valence-electron chi connectivity index (χ1n) is 9.67. The van der Waals surface area contributed by atoms with Crippen LogP contribution in [0.4, 0.5) is 10.3 Å². The lowest BCUT2D eigenvalue weighted by molar-refractivity contribution is 0.0669. The maximum absolute atomic E-state index is 13.4. The van der Waals surface area contributed by atoms with Crippen LogP contribution in [0.25, 0.3) is 10.9 Å². The van der Waals surface area contributed by atoms with Gasteiger partial charge in [0.1, 0.15) is 5.82 Å². The molecule has 1 aliphatic rings. The van der Waals surface area contributed by atoms with Crippen LogP contribution < -0.4 is 4.90 Å². The summed E-state index contributed by atoms with van der Waals surface area (Å²) in [6.07, 6.45) is 1.66. The molecule has 2 atom stereocenters. The highest BCUT2D eigenvalue weighted by Crippen LogP contribution is 2.24. The second-order valence-electron chi connectivity index (χ2n) is 7.52. The molecule has 1 fully saturated rings. The Labute approximate surface area is 183 Å². The molecule has 0 spiro atoms. The maximum atomic E-state index is 13.4. The summed E-state index contributed by atoms with van der Waals surface area (Å²) in [5.41, 5.74) is 1.46. The fourth-order valence-corrected chi connectivity index (χ4v) is 4.35. The van der Waals surface area contributed by atoms with Gasteiger partial charge in [0, 0.05) is 40.8 Å². The molecule has 2 heterocycles. The summed E-state index contributed by atoms with van der Waals surface area (Å²) in [6, 6.07) is 12.3. The van der Waals surface area contributed by atoms with E-state index in [0.29, 0.717) is 29.9 Å². The van der Waals surface area contributed by atoms with Crippen LogP contribution in [0.3, 0.4) is 0 Å². The van der Waals surface area contributed by atoms with E-state index in [1.807, 2.05) is 29.2 Å². The number of nitrogens with zero attached hydrogens (tertiary/aromatic N) is 4. The number of rotatable bonds is 2. The number of benzene rings is 2. The van der Waals surface area contributed by atoms with Crippen molar-refractivity contribution in [3.05, 3.63) is 63.6 Å². The second-order valence-corrected chi connectivity index (χ2v) is 8.68. The van der Waals surface area contributed by atoms with Gasteiger partial charge in [-0.1, -0.05) is 19.1 Å². The summed E-state index contributed by atoms with van der Waals surface area (Å²) in [7, 11) is 0. The molecule has 1 saturated heterocycles. The average Bonchev–Trinajstić information content (AvgIpc) is 2.86. The van der Waals surface area contributed by atoms with Crippen LogP contribution in [0.2, 0.25) is 0 Å². The Kier molecular flexibility index (Phi) is 5.67. The van der Waals surface area contributed by atoms with E-state index in [-0.39, 0.29) is 23.7 Å². The number of fused-ring (bicyclic) bond motifs is 1. The quantitative estimate of drug-likeness (QED) is 0.487. The SMILES string of the molecule is CC1CN(c2ncc3cc(F)ccc3n2)CCN(C(=O)c2ccccc2I)C1C. The topological polar surface area (TPSA) is 49.3 Å². The van der Waals surface area contributed by atoms with Crippen molar-refractivity contribution < 1.29 is 9.18 Å². The Morgan fingerprint density at radius 3 is 2.76 bits per heavy atom. The third-order valence-corrected chi connectivity index (χ3v) is 6.55. The number of halogens is 2. The first kappa shape index (κ1) is 20.0. The summed E-state index contributed by atoms with van der Waals surface area (Å²) < 4.78 is 14.4. The first-order valence-corrected chi connectivity index (χ1v) is 10.7. The molecule has 5 nitrogen and oxygen atoms in total. The van der Waals surface area contributed by atoms with Crippen molar-refractivity contribution in [2.75, 3.05) is 24.5 Å². The normalized spacial score (nSPS) is 20.0. The highest BCUT2D eigenvalue weighted by Gasteiger charge is 2.31. The molecule has 1 aliphatic heterocycles. The fraction of sp³-hybridized carbons (Fsp3) is 0.318. The minimum atomic E-state index is -0.296. The zero-order valence-electron chi connectivity index (χ0n) is 16.3. The predicted octanol–water partition coefficient (Wildman–Crippen LogP) is 4.36. The second kappa shape index (κ2) is 8.22. The van der Waals surface area contributed by atoms with Crippen LogP contribution in [0.15, 0.2) is 48.7 Å². The molecular formula is C22H22FIN4O. The highest BCUT2D eigenvalue weighted by molar-refractivity contribution is 14.1. The summed E-state index contributed by atoms with van der Waals surface area (Å²) in [5.74, 6) is 0.629.